The topological polar surface area (TPSA) is 92.9 Å². The van der Waals surface area contributed by atoms with Crippen molar-refractivity contribution < 1.29 is 19.4 Å². The van der Waals surface area contributed by atoms with E-state index in [4.69, 9.17) is 10.5 Å². The summed E-state index contributed by atoms with van der Waals surface area (Å²) in [6, 6.07) is 15.9. The van der Waals surface area contributed by atoms with Gasteiger partial charge in [-0.3, -0.25) is 9.59 Å². The quantitative estimate of drug-likeness (QED) is 0.646. The number of benzene rings is 2. The number of carbonyl (C=O) groups is 2. The molecule has 6 heteroatoms. The number of likely N-dealkylation sites (tertiary alicyclic amines) is 1. The Bertz CT molecular complexity index is 793. The Morgan fingerprint density at radius 3 is 2.52 bits per heavy atom. The Kier molecular flexibility index (Phi) is 4.46. The van der Waals surface area contributed by atoms with Gasteiger partial charge in [-0.2, -0.15) is 0 Å². The van der Waals surface area contributed by atoms with E-state index in [9.17, 15) is 14.7 Å². The maximum atomic E-state index is 13.0. The van der Waals surface area contributed by atoms with E-state index in [-0.39, 0.29) is 17.8 Å². The standard InChI is InChI=1S/C19H20N2O4/c1-25-17(22)15-12-21(11-13-7-3-2-4-8-13)18(23)19(15,24)14-9-5-6-10-16(14)20/h2-10,15,24H,11-12,20H2,1H3/t15-,19+/m1/s1. The fourth-order valence-corrected chi connectivity index (χ4v) is 3.30. The molecule has 2 atom stereocenters. The lowest BCUT2D eigenvalue weighted by atomic mass is 9.82. The molecule has 1 aliphatic heterocycles. The molecule has 1 amide bonds. The number of nitrogens with two attached hydrogens (primary N) is 1. The summed E-state index contributed by atoms with van der Waals surface area (Å²) in [4.78, 5) is 26.7. The number of esters is 1. The highest BCUT2D eigenvalue weighted by atomic mass is 16.5. The minimum absolute atomic E-state index is 0.0607. The number of nitrogens with zero attached hydrogens (tertiary/aromatic N) is 1. The van der Waals surface area contributed by atoms with Crippen molar-refractivity contribution in [1.82, 2.24) is 4.90 Å². The highest BCUT2D eigenvalue weighted by Crippen LogP contribution is 2.41. The summed E-state index contributed by atoms with van der Waals surface area (Å²) < 4.78 is 4.82. The Labute approximate surface area is 145 Å². The SMILES string of the molecule is COC(=O)[C@H]1CN(Cc2ccccc2)C(=O)[C@]1(O)c1ccccc1N. The van der Waals surface area contributed by atoms with Gasteiger partial charge >= 0.3 is 5.97 Å². The predicted octanol–water partition coefficient (Wildman–Crippen LogP) is 1.29. The van der Waals surface area contributed by atoms with Crippen LogP contribution < -0.4 is 5.73 Å². The number of anilines is 1. The third-order valence-electron chi connectivity index (χ3n) is 4.59. The molecule has 0 aliphatic carbocycles. The fourth-order valence-electron chi connectivity index (χ4n) is 3.30. The first-order chi connectivity index (χ1) is 12.0. The number of amides is 1. The average molecular weight is 340 g/mol. The van der Waals surface area contributed by atoms with E-state index in [2.05, 4.69) is 0 Å². The third kappa shape index (κ3) is 2.85. The number of aliphatic hydroxyl groups is 1. The Morgan fingerprint density at radius 2 is 1.88 bits per heavy atom. The van der Waals surface area contributed by atoms with Crippen molar-refractivity contribution in [2.24, 2.45) is 5.92 Å². The molecule has 2 aromatic rings. The van der Waals surface area contributed by atoms with Crippen molar-refractivity contribution in [2.45, 2.75) is 12.1 Å². The van der Waals surface area contributed by atoms with Crippen molar-refractivity contribution >= 4 is 17.6 Å². The van der Waals surface area contributed by atoms with Gasteiger partial charge in [0.2, 0.25) is 0 Å². The molecule has 0 aromatic heterocycles. The van der Waals surface area contributed by atoms with Crippen LogP contribution in [0, 0.1) is 5.92 Å². The number of nitrogen functional groups attached to an aromatic ring is 1. The van der Waals surface area contributed by atoms with Crippen LogP contribution in [0.5, 0.6) is 0 Å². The lowest BCUT2D eigenvalue weighted by molar-refractivity contribution is -0.160. The fraction of sp³-hybridized carbons (Fsp3) is 0.263. The summed E-state index contributed by atoms with van der Waals surface area (Å²) >= 11 is 0. The molecule has 3 rings (SSSR count). The molecule has 0 radical (unpaired) electrons. The third-order valence-corrected chi connectivity index (χ3v) is 4.59. The maximum absolute atomic E-state index is 13.0. The number of para-hydroxylation sites is 1. The van der Waals surface area contributed by atoms with Gasteiger partial charge in [-0.15, -0.1) is 0 Å². The number of hydrogen-bond acceptors (Lipinski definition) is 5. The van der Waals surface area contributed by atoms with E-state index in [0.717, 1.165) is 5.56 Å². The molecule has 0 bridgehead atoms. The Morgan fingerprint density at radius 1 is 1.24 bits per heavy atom. The van der Waals surface area contributed by atoms with Crippen LogP contribution in [-0.4, -0.2) is 35.5 Å². The molecule has 0 spiro atoms. The Hall–Kier alpha value is -2.86. The van der Waals surface area contributed by atoms with Crippen molar-refractivity contribution in [3.8, 4) is 0 Å². The minimum Gasteiger partial charge on any atom is -0.469 e. The molecule has 3 N–H and O–H groups in total. The van der Waals surface area contributed by atoms with E-state index >= 15 is 0 Å². The van der Waals surface area contributed by atoms with Crippen LogP contribution in [0.2, 0.25) is 0 Å². The number of rotatable bonds is 4. The van der Waals surface area contributed by atoms with E-state index in [1.807, 2.05) is 30.3 Å². The largest absolute Gasteiger partial charge is 0.469 e. The number of methoxy groups -OCH3 is 1. The van der Waals surface area contributed by atoms with Crippen LogP contribution in [0.3, 0.4) is 0 Å². The molecule has 2 aromatic carbocycles. The first-order valence-electron chi connectivity index (χ1n) is 7.97. The summed E-state index contributed by atoms with van der Waals surface area (Å²) in [5.41, 5.74) is 5.33. The maximum Gasteiger partial charge on any atom is 0.314 e. The molecule has 1 aliphatic rings. The van der Waals surface area contributed by atoms with Gasteiger partial charge in [0.1, 0.15) is 5.92 Å². The van der Waals surface area contributed by atoms with Gasteiger partial charge in [-0.25, -0.2) is 0 Å². The van der Waals surface area contributed by atoms with Crippen LogP contribution in [0.25, 0.3) is 0 Å². The van der Waals surface area contributed by atoms with Crippen LogP contribution >= 0.6 is 0 Å². The zero-order valence-electron chi connectivity index (χ0n) is 13.9. The second-order valence-corrected chi connectivity index (χ2v) is 6.10. The monoisotopic (exact) mass is 340 g/mol. The molecule has 25 heavy (non-hydrogen) atoms. The summed E-state index contributed by atoms with van der Waals surface area (Å²) in [6.45, 7) is 0.355. The molecular formula is C19H20N2O4. The van der Waals surface area contributed by atoms with E-state index < -0.39 is 23.4 Å². The molecule has 130 valence electrons. The predicted molar refractivity (Wildman–Crippen MR) is 92.1 cm³/mol. The van der Waals surface area contributed by atoms with Crippen LogP contribution in [0.4, 0.5) is 5.69 Å². The Balaban J connectivity index is 2.01. The van der Waals surface area contributed by atoms with Gasteiger partial charge in [0.25, 0.3) is 5.91 Å². The molecule has 0 saturated carbocycles. The summed E-state index contributed by atoms with van der Waals surface area (Å²) in [7, 11) is 1.24. The average Bonchev–Trinajstić information content (AvgIpc) is 2.88. The van der Waals surface area contributed by atoms with Crippen molar-refractivity contribution in [3.63, 3.8) is 0 Å². The molecule has 0 unspecified atom stereocenters. The van der Waals surface area contributed by atoms with E-state index in [0.29, 0.717) is 6.54 Å². The number of carbonyl (C=O) groups excluding carboxylic acids is 2. The van der Waals surface area contributed by atoms with Gasteiger partial charge in [0.15, 0.2) is 5.60 Å². The van der Waals surface area contributed by atoms with Crippen LogP contribution in [-0.2, 0) is 26.5 Å². The smallest absolute Gasteiger partial charge is 0.314 e. The zero-order valence-corrected chi connectivity index (χ0v) is 13.9. The molecule has 1 saturated heterocycles. The minimum atomic E-state index is -2.03. The lowest BCUT2D eigenvalue weighted by Gasteiger charge is -2.27. The van der Waals surface area contributed by atoms with Crippen LogP contribution in [0.1, 0.15) is 11.1 Å². The van der Waals surface area contributed by atoms with Crippen LogP contribution in [0.15, 0.2) is 54.6 Å². The lowest BCUT2D eigenvalue weighted by Crippen LogP contribution is -2.44. The number of hydrogen-bond donors (Lipinski definition) is 2. The molecule has 6 nitrogen and oxygen atoms in total. The summed E-state index contributed by atoms with van der Waals surface area (Å²) in [6.07, 6.45) is 0. The van der Waals surface area contributed by atoms with Crippen molar-refractivity contribution in [1.29, 1.82) is 0 Å². The normalized spacial score (nSPS) is 22.9. The molecule has 1 fully saturated rings. The second kappa shape index (κ2) is 6.57. The van der Waals surface area contributed by atoms with Gasteiger partial charge in [-0.1, -0.05) is 48.5 Å². The van der Waals surface area contributed by atoms with E-state index in [1.165, 1.54) is 12.0 Å². The second-order valence-electron chi connectivity index (χ2n) is 6.10. The van der Waals surface area contributed by atoms with Crippen molar-refractivity contribution in [3.05, 3.63) is 65.7 Å². The summed E-state index contributed by atoms with van der Waals surface area (Å²) in [5, 5.41) is 11.2. The zero-order chi connectivity index (χ0) is 18.0. The first kappa shape index (κ1) is 17.0. The molecule has 1 heterocycles. The highest BCUT2D eigenvalue weighted by molar-refractivity contribution is 5.96. The van der Waals surface area contributed by atoms with Crippen molar-refractivity contribution in [2.75, 3.05) is 19.4 Å². The molecular weight excluding hydrogens is 320 g/mol. The first-order valence-corrected chi connectivity index (χ1v) is 7.97. The van der Waals surface area contributed by atoms with Gasteiger partial charge in [0, 0.05) is 24.3 Å². The number of ether oxygens (including phenoxy) is 1. The van der Waals surface area contributed by atoms with Gasteiger partial charge in [0.05, 0.1) is 7.11 Å². The van der Waals surface area contributed by atoms with E-state index in [1.54, 1.807) is 24.3 Å². The van der Waals surface area contributed by atoms with Gasteiger partial charge in [-0.05, 0) is 11.6 Å². The summed E-state index contributed by atoms with van der Waals surface area (Å²) in [5.74, 6) is -2.24. The highest BCUT2D eigenvalue weighted by Gasteiger charge is 2.58. The van der Waals surface area contributed by atoms with Gasteiger partial charge < -0.3 is 20.5 Å².